The van der Waals surface area contributed by atoms with Crippen molar-refractivity contribution in [2.24, 2.45) is 5.11 Å². The quantitative estimate of drug-likeness (QED) is 0.428. The van der Waals surface area contributed by atoms with Crippen LogP contribution in [0.5, 0.6) is 0 Å². The minimum Gasteiger partial charge on any atom is -0.350 e. The van der Waals surface area contributed by atoms with Crippen LogP contribution < -0.4 is 0 Å². The number of azide groups is 1. The van der Waals surface area contributed by atoms with E-state index in [0.29, 0.717) is 13.2 Å². The van der Waals surface area contributed by atoms with Crippen LogP contribution in [-0.2, 0) is 15.9 Å². The Hall–Kier alpha value is -1.55. The van der Waals surface area contributed by atoms with Crippen molar-refractivity contribution in [3.8, 4) is 0 Å². The average Bonchev–Trinajstić information content (AvgIpc) is 2.96. The number of ether oxygens (including phenoxy) is 2. The molecule has 0 spiro atoms. The van der Waals surface area contributed by atoms with Crippen LogP contribution in [0.2, 0.25) is 0 Å². The first-order valence-electron chi connectivity index (χ1n) is 6.70. The molecule has 0 radical (unpaired) electrons. The summed E-state index contributed by atoms with van der Waals surface area (Å²) in [5, 5.41) is 3.87. The van der Waals surface area contributed by atoms with Crippen molar-refractivity contribution < 1.29 is 9.47 Å². The van der Waals surface area contributed by atoms with E-state index in [-0.39, 0.29) is 12.3 Å². The molecule has 19 heavy (non-hydrogen) atoms. The van der Waals surface area contributed by atoms with Gasteiger partial charge in [-0.15, -0.1) is 0 Å². The number of nitrogens with zero attached hydrogens (tertiary/aromatic N) is 3. The maximum absolute atomic E-state index is 8.62. The third kappa shape index (κ3) is 4.91. The summed E-state index contributed by atoms with van der Waals surface area (Å²) in [6, 6.07) is 10.3. The van der Waals surface area contributed by atoms with E-state index < -0.39 is 0 Å². The molecule has 1 saturated heterocycles. The SMILES string of the molecule is [N-]=[N+]=NC(CCc1ccccc1)CCC1OCCO1. The van der Waals surface area contributed by atoms with Crippen LogP contribution in [0, 0.1) is 0 Å². The summed E-state index contributed by atoms with van der Waals surface area (Å²) in [6.07, 6.45) is 3.27. The van der Waals surface area contributed by atoms with E-state index in [4.69, 9.17) is 15.0 Å². The van der Waals surface area contributed by atoms with Crippen molar-refractivity contribution in [3.05, 3.63) is 46.3 Å². The summed E-state index contributed by atoms with van der Waals surface area (Å²) in [5.74, 6) is 0. The largest absolute Gasteiger partial charge is 0.350 e. The van der Waals surface area contributed by atoms with Gasteiger partial charge in [-0.25, -0.2) is 0 Å². The summed E-state index contributed by atoms with van der Waals surface area (Å²) in [5.41, 5.74) is 9.89. The standard InChI is InChI=1S/C14H19N3O2/c15-17-16-13(8-9-14-18-10-11-19-14)7-6-12-4-2-1-3-5-12/h1-5,13-14H,6-11H2. The molecule has 1 heterocycles. The molecule has 1 aliphatic heterocycles. The highest BCUT2D eigenvalue weighted by atomic mass is 16.7. The van der Waals surface area contributed by atoms with E-state index in [9.17, 15) is 0 Å². The molecule has 5 nitrogen and oxygen atoms in total. The lowest BCUT2D eigenvalue weighted by atomic mass is 10.0. The first-order valence-corrected chi connectivity index (χ1v) is 6.70. The fourth-order valence-corrected chi connectivity index (χ4v) is 2.21. The second-order valence-electron chi connectivity index (χ2n) is 4.63. The molecule has 1 aliphatic rings. The van der Waals surface area contributed by atoms with Gasteiger partial charge in [-0.05, 0) is 36.8 Å². The lowest BCUT2D eigenvalue weighted by Crippen LogP contribution is -2.13. The van der Waals surface area contributed by atoms with Gasteiger partial charge in [0, 0.05) is 11.0 Å². The lowest BCUT2D eigenvalue weighted by Gasteiger charge is -2.13. The third-order valence-electron chi connectivity index (χ3n) is 3.25. The first kappa shape index (κ1) is 13.9. The minimum atomic E-state index is -0.117. The molecule has 1 aromatic rings. The van der Waals surface area contributed by atoms with Crippen LogP contribution >= 0.6 is 0 Å². The molecule has 0 amide bonds. The summed E-state index contributed by atoms with van der Waals surface area (Å²) in [7, 11) is 0. The maximum atomic E-state index is 8.62. The third-order valence-corrected chi connectivity index (χ3v) is 3.25. The van der Waals surface area contributed by atoms with Gasteiger partial charge in [0.15, 0.2) is 6.29 Å². The molecule has 2 rings (SSSR count). The van der Waals surface area contributed by atoms with E-state index in [0.717, 1.165) is 25.7 Å². The Morgan fingerprint density at radius 1 is 1.21 bits per heavy atom. The van der Waals surface area contributed by atoms with Crippen molar-refractivity contribution in [3.63, 3.8) is 0 Å². The summed E-state index contributed by atoms with van der Waals surface area (Å²) in [4.78, 5) is 2.94. The van der Waals surface area contributed by atoms with Crippen molar-refractivity contribution in [1.29, 1.82) is 0 Å². The van der Waals surface area contributed by atoms with Crippen molar-refractivity contribution >= 4 is 0 Å². The summed E-state index contributed by atoms with van der Waals surface area (Å²) < 4.78 is 10.8. The highest BCUT2D eigenvalue weighted by Crippen LogP contribution is 2.17. The van der Waals surface area contributed by atoms with Crippen LogP contribution in [0.15, 0.2) is 35.4 Å². The van der Waals surface area contributed by atoms with E-state index in [1.54, 1.807) is 0 Å². The van der Waals surface area contributed by atoms with Crippen LogP contribution in [0.3, 0.4) is 0 Å². The molecule has 5 heteroatoms. The van der Waals surface area contributed by atoms with Gasteiger partial charge in [0.25, 0.3) is 0 Å². The Balaban J connectivity index is 1.77. The molecule has 1 atom stereocenters. The van der Waals surface area contributed by atoms with E-state index in [1.165, 1.54) is 5.56 Å². The number of rotatable bonds is 7. The molecule has 102 valence electrons. The van der Waals surface area contributed by atoms with Gasteiger partial charge in [-0.3, -0.25) is 0 Å². The highest BCUT2D eigenvalue weighted by molar-refractivity contribution is 5.14. The van der Waals surface area contributed by atoms with E-state index in [2.05, 4.69) is 22.2 Å². The summed E-state index contributed by atoms with van der Waals surface area (Å²) >= 11 is 0. The minimum absolute atomic E-state index is 0.0120. The van der Waals surface area contributed by atoms with Crippen molar-refractivity contribution in [2.45, 2.75) is 38.0 Å². The Morgan fingerprint density at radius 2 is 1.95 bits per heavy atom. The van der Waals surface area contributed by atoms with Gasteiger partial charge < -0.3 is 9.47 Å². The zero-order valence-corrected chi connectivity index (χ0v) is 10.9. The number of aryl methyl sites for hydroxylation is 1. The normalized spacial score (nSPS) is 17.1. The van der Waals surface area contributed by atoms with Crippen LogP contribution in [0.25, 0.3) is 10.4 Å². The molecule has 0 saturated carbocycles. The molecular weight excluding hydrogens is 242 g/mol. The highest BCUT2D eigenvalue weighted by Gasteiger charge is 2.17. The second-order valence-corrected chi connectivity index (χ2v) is 4.63. The smallest absolute Gasteiger partial charge is 0.157 e. The van der Waals surface area contributed by atoms with Crippen LogP contribution in [0.4, 0.5) is 0 Å². The van der Waals surface area contributed by atoms with Crippen molar-refractivity contribution in [2.75, 3.05) is 13.2 Å². The molecule has 1 fully saturated rings. The van der Waals surface area contributed by atoms with Gasteiger partial charge >= 0.3 is 0 Å². The zero-order chi connectivity index (χ0) is 13.3. The Kier molecular flexibility index (Phi) is 5.69. The predicted octanol–water partition coefficient (Wildman–Crippen LogP) is 3.45. The maximum Gasteiger partial charge on any atom is 0.157 e. The van der Waals surface area contributed by atoms with Gasteiger partial charge in [0.1, 0.15) is 0 Å². The molecule has 0 N–H and O–H groups in total. The second kappa shape index (κ2) is 7.79. The van der Waals surface area contributed by atoms with Gasteiger partial charge in [0.2, 0.25) is 0 Å². The van der Waals surface area contributed by atoms with Crippen molar-refractivity contribution in [1.82, 2.24) is 0 Å². The Morgan fingerprint density at radius 3 is 2.63 bits per heavy atom. The monoisotopic (exact) mass is 261 g/mol. The number of benzene rings is 1. The van der Waals surface area contributed by atoms with Gasteiger partial charge in [-0.2, -0.15) is 0 Å². The van der Waals surface area contributed by atoms with E-state index in [1.807, 2.05) is 18.2 Å². The average molecular weight is 261 g/mol. The fraction of sp³-hybridized carbons (Fsp3) is 0.571. The zero-order valence-electron chi connectivity index (χ0n) is 10.9. The molecule has 0 aromatic heterocycles. The summed E-state index contributed by atoms with van der Waals surface area (Å²) in [6.45, 7) is 1.34. The predicted molar refractivity (Wildman–Crippen MR) is 72.6 cm³/mol. The number of hydrogen-bond donors (Lipinski definition) is 0. The molecule has 0 aliphatic carbocycles. The van der Waals surface area contributed by atoms with Crippen LogP contribution in [-0.4, -0.2) is 25.5 Å². The number of hydrogen-bond acceptors (Lipinski definition) is 3. The Labute approximate surface area is 113 Å². The molecule has 0 bridgehead atoms. The molecule has 1 aromatic carbocycles. The topological polar surface area (TPSA) is 67.2 Å². The van der Waals surface area contributed by atoms with Gasteiger partial charge in [0.05, 0.1) is 13.2 Å². The lowest BCUT2D eigenvalue weighted by molar-refractivity contribution is -0.0487. The molecule has 1 unspecified atom stereocenters. The van der Waals surface area contributed by atoms with Gasteiger partial charge in [-0.1, -0.05) is 35.4 Å². The van der Waals surface area contributed by atoms with E-state index >= 15 is 0 Å². The Bertz CT molecular complexity index is 412. The molecular formula is C14H19N3O2. The first-order chi connectivity index (χ1) is 9.38. The van der Waals surface area contributed by atoms with Crippen LogP contribution in [0.1, 0.15) is 24.8 Å². The fourth-order valence-electron chi connectivity index (χ4n) is 2.21.